The van der Waals surface area contributed by atoms with Crippen molar-refractivity contribution in [3.63, 3.8) is 0 Å². The summed E-state index contributed by atoms with van der Waals surface area (Å²) in [4.78, 5) is 0. The lowest BCUT2D eigenvalue weighted by molar-refractivity contribution is -0.00116. The minimum absolute atomic E-state index is 0.0879. The average molecular weight is 252 g/mol. The van der Waals surface area contributed by atoms with Crippen molar-refractivity contribution in [1.29, 1.82) is 0 Å². The van der Waals surface area contributed by atoms with Crippen molar-refractivity contribution < 1.29 is 14.2 Å². The number of aliphatic hydroxyl groups is 1. The molecule has 0 aromatic heterocycles. The molecule has 1 aromatic carbocycles. The van der Waals surface area contributed by atoms with Crippen LogP contribution in [0.15, 0.2) is 18.2 Å². The standard InChI is InChI=1S/C15H21FO2/c1-10-8-14(2,3)9-15(10,17)11-5-6-13(18-4)12(16)7-11/h5-7,10,17H,8-9H2,1-4H3. The molecule has 0 spiro atoms. The zero-order valence-corrected chi connectivity index (χ0v) is 11.5. The molecule has 0 radical (unpaired) electrons. The first-order valence-corrected chi connectivity index (χ1v) is 6.35. The molecule has 2 nitrogen and oxygen atoms in total. The molecule has 1 aliphatic carbocycles. The molecule has 0 amide bonds. The van der Waals surface area contributed by atoms with Gasteiger partial charge in [-0.15, -0.1) is 0 Å². The Kier molecular flexibility index (Phi) is 3.14. The monoisotopic (exact) mass is 252 g/mol. The van der Waals surface area contributed by atoms with Crippen LogP contribution in [0.4, 0.5) is 4.39 Å². The third kappa shape index (κ3) is 2.12. The molecule has 2 atom stereocenters. The largest absolute Gasteiger partial charge is 0.494 e. The van der Waals surface area contributed by atoms with Crippen LogP contribution < -0.4 is 4.74 Å². The van der Waals surface area contributed by atoms with E-state index in [0.717, 1.165) is 6.42 Å². The molecular formula is C15H21FO2. The van der Waals surface area contributed by atoms with Crippen molar-refractivity contribution in [3.8, 4) is 5.75 Å². The maximum Gasteiger partial charge on any atom is 0.165 e. The molecule has 0 aliphatic heterocycles. The summed E-state index contributed by atoms with van der Waals surface area (Å²) < 4.78 is 18.7. The molecule has 2 rings (SSSR count). The lowest BCUT2D eigenvalue weighted by Crippen LogP contribution is -2.29. The lowest BCUT2D eigenvalue weighted by Gasteiger charge is -2.29. The second-order valence-electron chi connectivity index (χ2n) is 6.22. The van der Waals surface area contributed by atoms with Gasteiger partial charge in [-0.1, -0.05) is 26.8 Å². The van der Waals surface area contributed by atoms with Gasteiger partial charge < -0.3 is 9.84 Å². The molecule has 0 bridgehead atoms. The van der Waals surface area contributed by atoms with Crippen LogP contribution in [0.5, 0.6) is 5.75 Å². The van der Waals surface area contributed by atoms with E-state index in [1.807, 2.05) is 6.92 Å². The van der Waals surface area contributed by atoms with Crippen molar-refractivity contribution in [2.45, 2.75) is 39.2 Å². The minimum atomic E-state index is -0.934. The summed E-state index contributed by atoms with van der Waals surface area (Å²) in [6.07, 6.45) is 1.60. The number of halogens is 1. The van der Waals surface area contributed by atoms with Crippen molar-refractivity contribution in [2.24, 2.45) is 11.3 Å². The molecule has 18 heavy (non-hydrogen) atoms. The van der Waals surface area contributed by atoms with E-state index in [4.69, 9.17) is 4.74 Å². The summed E-state index contributed by atoms with van der Waals surface area (Å²) in [5, 5.41) is 10.8. The summed E-state index contributed by atoms with van der Waals surface area (Å²) in [5.74, 6) is -0.0760. The van der Waals surface area contributed by atoms with Crippen LogP contribution in [-0.4, -0.2) is 12.2 Å². The predicted molar refractivity (Wildman–Crippen MR) is 69.0 cm³/mol. The SMILES string of the molecule is COc1ccc(C2(O)CC(C)(C)CC2C)cc1F. The predicted octanol–water partition coefficient (Wildman–Crippen LogP) is 3.48. The fourth-order valence-electron chi connectivity index (χ4n) is 3.30. The second kappa shape index (κ2) is 4.23. The molecule has 1 aliphatic rings. The van der Waals surface area contributed by atoms with E-state index in [2.05, 4.69) is 13.8 Å². The van der Waals surface area contributed by atoms with Gasteiger partial charge in [0.1, 0.15) is 0 Å². The fourth-order valence-corrected chi connectivity index (χ4v) is 3.30. The zero-order chi connectivity index (χ0) is 13.6. The molecule has 3 heteroatoms. The maximum absolute atomic E-state index is 13.8. The van der Waals surface area contributed by atoms with E-state index in [0.29, 0.717) is 12.0 Å². The van der Waals surface area contributed by atoms with Gasteiger partial charge in [-0.05, 0) is 41.9 Å². The van der Waals surface area contributed by atoms with Gasteiger partial charge in [-0.2, -0.15) is 0 Å². The minimum Gasteiger partial charge on any atom is -0.494 e. The van der Waals surface area contributed by atoms with E-state index < -0.39 is 11.4 Å². The summed E-state index contributed by atoms with van der Waals surface area (Å²) in [5.41, 5.74) is -0.194. The fraction of sp³-hybridized carbons (Fsp3) is 0.600. The molecule has 0 heterocycles. The second-order valence-corrected chi connectivity index (χ2v) is 6.22. The third-order valence-electron chi connectivity index (χ3n) is 4.07. The van der Waals surface area contributed by atoms with Gasteiger partial charge >= 0.3 is 0 Å². The zero-order valence-electron chi connectivity index (χ0n) is 11.5. The van der Waals surface area contributed by atoms with Crippen molar-refractivity contribution in [2.75, 3.05) is 7.11 Å². The average Bonchev–Trinajstić information content (AvgIpc) is 2.48. The van der Waals surface area contributed by atoms with Crippen LogP contribution in [0.2, 0.25) is 0 Å². The van der Waals surface area contributed by atoms with Crippen LogP contribution >= 0.6 is 0 Å². The molecule has 1 aromatic rings. The van der Waals surface area contributed by atoms with Crippen molar-refractivity contribution >= 4 is 0 Å². The Morgan fingerprint density at radius 3 is 2.50 bits per heavy atom. The topological polar surface area (TPSA) is 29.5 Å². The van der Waals surface area contributed by atoms with Gasteiger partial charge in [0.05, 0.1) is 12.7 Å². The number of ether oxygens (including phenoxy) is 1. The Morgan fingerprint density at radius 2 is 2.06 bits per heavy atom. The molecule has 100 valence electrons. The highest BCUT2D eigenvalue weighted by atomic mass is 19.1. The van der Waals surface area contributed by atoms with Crippen molar-refractivity contribution in [3.05, 3.63) is 29.6 Å². The van der Waals surface area contributed by atoms with Gasteiger partial charge in [0, 0.05) is 0 Å². The maximum atomic E-state index is 13.8. The summed E-state index contributed by atoms with van der Waals surface area (Å²) in [7, 11) is 1.44. The van der Waals surface area contributed by atoms with E-state index >= 15 is 0 Å². The quantitative estimate of drug-likeness (QED) is 0.873. The Labute approximate surface area is 108 Å². The van der Waals surface area contributed by atoms with Gasteiger partial charge in [0.25, 0.3) is 0 Å². The van der Waals surface area contributed by atoms with E-state index in [9.17, 15) is 9.50 Å². The Balaban J connectivity index is 2.39. The van der Waals surface area contributed by atoms with E-state index in [1.165, 1.54) is 13.2 Å². The van der Waals surface area contributed by atoms with E-state index in [1.54, 1.807) is 12.1 Å². The van der Waals surface area contributed by atoms with Crippen LogP contribution in [-0.2, 0) is 5.60 Å². The van der Waals surface area contributed by atoms with Crippen LogP contribution in [0.1, 0.15) is 39.2 Å². The molecular weight excluding hydrogens is 231 g/mol. The van der Waals surface area contributed by atoms with Crippen LogP contribution in [0.25, 0.3) is 0 Å². The first-order valence-electron chi connectivity index (χ1n) is 6.35. The van der Waals surface area contributed by atoms with E-state index in [-0.39, 0.29) is 17.1 Å². The molecule has 0 saturated heterocycles. The lowest BCUT2D eigenvalue weighted by atomic mass is 9.83. The Morgan fingerprint density at radius 1 is 1.39 bits per heavy atom. The number of methoxy groups -OCH3 is 1. The summed E-state index contributed by atoms with van der Waals surface area (Å²) in [6, 6.07) is 4.75. The normalized spacial score (nSPS) is 30.4. The first kappa shape index (κ1) is 13.3. The Hall–Kier alpha value is -1.09. The van der Waals surface area contributed by atoms with Crippen LogP contribution in [0.3, 0.4) is 0 Å². The number of rotatable bonds is 2. The van der Waals surface area contributed by atoms with Gasteiger partial charge in [0.15, 0.2) is 11.6 Å². The third-order valence-corrected chi connectivity index (χ3v) is 4.07. The van der Waals surface area contributed by atoms with Gasteiger partial charge in [0.2, 0.25) is 0 Å². The first-order chi connectivity index (χ1) is 8.28. The molecule has 2 unspecified atom stereocenters. The molecule has 1 N–H and O–H groups in total. The number of hydrogen-bond donors (Lipinski definition) is 1. The Bertz CT molecular complexity index is 456. The molecule has 1 fully saturated rings. The molecule has 1 saturated carbocycles. The van der Waals surface area contributed by atoms with Crippen LogP contribution in [0, 0.1) is 17.2 Å². The van der Waals surface area contributed by atoms with Gasteiger partial charge in [-0.3, -0.25) is 0 Å². The highest BCUT2D eigenvalue weighted by Gasteiger charge is 2.48. The highest BCUT2D eigenvalue weighted by Crippen LogP contribution is 2.52. The number of hydrogen-bond acceptors (Lipinski definition) is 2. The number of benzene rings is 1. The smallest absolute Gasteiger partial charge is 0.165 e. The van der Waals surface area contributed by atoms with Crippen molar-refractivity contribution in [1.82, 2.24) is 0 Å². The summed E-state index contributed by atoms with van der Waals surface area (Å²) >= 11 is 0. The highest BCUT2D eigenvalue weighted by molar-refractivity contribution is 5.34. The summed E-state index contributed by atoms with van der Waals surface area (Å²) in [6.45, 7) is 6.31. The van der Waals surface area contributed by atoms with Gasteiger partial charge in [-0.25, -0.2) is 4.39 Å².